The first-order chi connectivity index (χ1) is 18.5. The van der Waals surface area contributed by atoms with E-state index in [1.165, 1.54) is 21.3 Å². The number of hydrogen-bond acceptors (Lipinski definition) is 4. The van der Waals surface area contributed by atoms with Gasteiger partial charge < -0.3 is 10.2 Å². The maximum atomic E-state index is 14.1. The van der Waals surface area contributed by atoms with Gasteiger partial charge in [0.05, 0.1) is 10.6 Å². The van der Waals surface area contributed by atoms with Crippen molar-refractivity contribution in [3.05, 3.63) is 95.6 Å². The zero-order valence-corrected chi connectivity index (χ0v) is 24.2. The highest BCUT2D eigenvalue weighted by Crippen LogP contribution is 2.28. The lowest BCUT2D eigenvalue weighted by Crippen LogP contribution is -2.54. The van der Waals surface area contributed by atoms with Crippen LogP contribution in [0, 0.1) is 13.8 Å². The lowest BCUT2D eigenvalue weighted by Gasteiger charge is -2.34. The van der Waals surface area contributed by atoms with Crippen LogP contribution in [-0.2, 0) is 26.0 Å². The SMILES string of the molecule is CC[C@H](C(=O)NC(C)C)N(CCc1ccccc1)C(=O)CN(c1cc(C)ccc1C)S(=O)(=O)c1ccccc1. The molecule has 39 heavy (non-hydrogen) atoms. The van der Waals surface area contributed by atoms with E-state index in [-0.39, 0.29) is 23.4 Å². The van der Waals surface area contributed by atoms with Crippen LogP contribution in [0.5, 0.6) is 0 Å². The normalized spacial score (nSPS) is 12.2. The van der Waals surface area contributed by atoms with E-state index in [4.69, 9.17) is 0 Å². The van der Waals surface area contributed by atoms with Crippen molar-refractivity contribution in [2.45, 2.75) is 64.4 Å². The highest BCUT2D eigenvalue weighted by Gasteiger charge is 2.34. The zero-order chi connectivity index (χ0) is 28.6. The van der Waals surface area contributed by atoms with Crippen LogP contribution in [0.1, 0.15) is 43.9 Å². The molecule has 2 amide bonds. The van der Waals surface area contributed by atoms with Crippen LogP contribution in [0.3, 0.4) is 0 Å². The highest BCUT2D eigenvalue weighted by molar-refractivity contribution is 7.92. The van der Waals surface area contributed by atoms with Gasteiger partial charge in [0.25, 0.3) is 10.0 Å². The summed E-state index contributed by atoms with van der Waals surface area (Å²) < 4.78 is 29.0. The van der Waals surface area contributed by atoms with E-state index in [2.05, 4.69) is 5.32 Å². The molecule has 0 aliphatic heterocycles. The summed E-state index contributed by atoms with van der Waals surface area (Å²) in [7, 11) is -4.08. The van der Waals surface area contributed by atoms with Gasteiger partial charge in [-0.2, -0.15) is 0 Å². The van der Waals surface area contributed by atoms with Crippen molar-refractivity contribution >= 4 is 27.5 Å². The van der Waals surface area contributed by atoms with Crippen molar-refractivity contribution in [3.63, 3.8) is 0 Å². The number of benzene rings is 3. The first kappa shape index (κ1) is 29.9. The second-order valence-electron chi connectivity index (χ2n) is 10.0. The molecular formula is C31H39N3O4S. The molecule has 1 atom stereocenters. The molecule has 0 saturated carbocycles. The Morgan fingerprint density at radius 1 is 0.897 bits per heavy atom. The number of nitrogens with one attached hydrogen (secondary N) is 1. The monoisotopic (exact) mass is 549 g/mol. The minimum Gasteiger partial charge on any atom is -0.352 e. The van der Waals surface area contributed by atoms with Gasteiger partial charge in [-0.05, 0) is 75.4 Å². The van der Waals surface area contributed by atoms with Crippen LogP contribution in [0.4, 0.5) is 5.69 Å². The number of nitrogens with zero attached hydrogens (tertiary/aromatic N) is 2. The summed E-state index contributed by atoms with van der Waals surface area (Å²) in [5.74, 6) is -0.685. The fourth-order valence-corrected chi connectivity index (χ4v) is 5.99. The molecule has 0 saturated heterocycles. The molecule has 3 aromatic rings. The van der Waals surface area contributed by atoms with E-state index in [1.807, 2.05) is 77.1 Å². The van der Waals surface area contributed by atoms with Gasteiger partial charge in [0.15, 0.2) is 0 Å². The number of anilines is 1. The number of rotatable bonds is 12. The van der Waals surface area contributed by atoms with E-state index in [0.717, 1.165) is 16.7 Å². The lowest BCUT2D eigenvalue weighted by molar-refractivity contribution is -0.139. The Labute approximate surface area is 232 Å². The molecule has 1 N–H and O–H groups in total. The predicted molar refractivity (Wildman–Crippen MR) is 156 cm³/mol. The summed E-state index contributed by atoms with van der Waals surface area (Å²) >= 11 is 0. The van der Waals surface area contributed by atoms with Gasteiger partial charge >= 0.3 is 0 Å². The van der Waals surface area contributed by atoms with Gasteiger partial charge in [0.1, 0.15) is 12.6 Å². The molecule has 0 aromatic heterocycles. The Morgan fingerprint density at radius 3 is 2.10 bits per heavy atom. The maximum Gasteiger partial charge on any atom is 0.264 e. The molecule has 0 heterocycles. The predicted octanol–water partition coefficient (Wildman–Crippen LogP) is 4.87. The number of carbonyl (C=O) groups excluding carboxylic acids is 2. The number of sulfonamides is 1. The zero-order valence-electron chi connectivity index (χ0n) is 23.4. The van der Waals surface area contributed by atoms with Crippen molar-refractivity contribution < 1.29 is 18.0 Å². The topological polar surface area (TPSA) is 86.8 Å². The van der Waals surface area contributed by atoms with Crippen LogP contribution in [-0.4, -0.2) is 50.3 Å². The number of amides is 2. The van der Waals surface area contributed by atoms with E-state index < -0.39 is 28.5 Å². The Hall–Kier alpha value is -3.65. The minimum absolute atomic E-state index is 0.0949. The Balaban J connectivity index is 2.04. The molecule has 0 aliphatic rings. The quantitative estimate of drug-likeness (QED) is 0.349. The maximum absolute atomic E-state index is 14.1. The fraction of sp³-hybridized carbons (Fsp3) is 0.355. The Morgan fingerprint density at radius 2 is 1.51 bits per heavy atom. The van der Waals surface area contributed by atoms with Gasteiger partial charge in [-0.3, -0.25) is 13.9 Å². The van der Waals surface area contributed by atoms with Crippen LogP contribution in [0.15, 0.2) is 83.8 Å². The molecule has 3 aromatic carbocycles. The van der Waals surface area contributed by atoms with Gasteiger partial charge in [-0.1, -0.05) is 67.6 Å². The second kappa shape index (κ2) is 13.4. The lowest BCUT2D eigenvalue weighted by atomic mass is 10.1. The van der Waals surface area contributed by atoms with Gasteiger partial charge in [-0.15, -0.1) is 0 Å². The molecule has 0 radical (unpaired) electrons. The van der Waals surface area contributed by atoms with Crippen LogP contribution >= 0.6 is 0 Å². The standard InChI is InChI=1S/C31H39N3O4S/c1-6-28(31(36)32-23(2)3)33(20-19-26-13-9-7-10-14-26)30(35)22-34(29-21-24(4)17-18-25(29)5)39(37,38)27-15-11-8-12-16-27/h7-18,21,23,28H,6,19-20,22H2,1-5H3,(H,32,36)/t28-/m1/s1. The first-order valence-electron chi connectivity index (χ1n) is 13.3. The Bertz CT molecular complexity index is 1360. The summed E-state index contributed by atoms with van der Waals surface area (Å²) in [6.07, 6.45) is 0.931. The summed E-state index contributed by atoms with van der Waals surface area (Å²) in [6.45, 7) is 9.15. The number of hydrogen-bond donors (Lipinski definition) is 1. The molecule has 0 spiro atoms. The third-order valence-corrected chi connectivity index (χ3v) is 8.32. The Kier molecular flexibility index (Phi) is 10.3. The highest BCUT2D eigenvalue weighted by atomic mass is 32.2. The minimum atomic E-state index is -4.08. The smallest absolute Gasteiger partial charge is 0.264 e. The third-order valence-electron chi connectivity index (χ3n) is 6.54. The van der Waals surface area contributed by atoms with E-state index in [1.54, 1.807) is 24.3 Å². The summed E-state index contributed by atoms with van der Waals surface area (Å²) in [5, 5.41) is 2.92. The van der Waals surface area contributed by atoms with Crippen molar-refractivity contribution in [2.75, 3.05) is 17.4 Å². The van der Waals surface area contributed by atoms with E-state index >= 15 is 0 Å². The molecule has 208 valence electrons. The molecule has 0 fully saturated rings. The molecular weight excluding hydrogens is 510 g/mol. The fourth-order valence-electron chi connectivity index (χ4n) is 4.50. The second-order valence-corrected chi connectivity index (χ2v) is 11.9. The molecule has 7 nitrogen and oxygen atoms in total. The number of carbonyl (C=O) groups is 2. The molecule has 0 unspecified atom stereocenters. The van der Waals surface area contributed by atoms with Gasteiger partial charge in [-0.25, -0.2) is 8.42 Å². The van der Waals surface area contributed by atoms with Crippen molar-refractivity contribution in [1.29, 1.82) is 0 Å². The van der Waals surface area contributed by atoms with E-state index in [9.17, 15) is 18.0 Å². The molecule has 8 heteroatoms. The molecule has 3 rings (SSSR count). The van der Waals surface area contributed by atoms with Crippen molar-refractivity contribution in [3.8, 4) is 0 Å². The summed E-state index contributed by atoms with van der Waals surface area (Å²) in [6, 6.07) is 22.5. The van der Waals surface area contributed by atoms with Crippen LogP contribution in [0.2, 0.25) is 0 Å². The molecule has 0 bridgehead atoms. The van der Waals surface area contributed by atoms with Crippen molar-refractivity contribution in [1.82, 2.24) is 10.2 Å². The van der Waals surface area contributed by atoms with Crippen LogP contribution < -0.4 is 9.62 Å². The summed E-state index contributed by atoms with van der Waals surface area (Å²) in [5.41, 5.74) is 3.07. The number of aryl methyl sites for hydroxylation is 2. The van der Waals surface area contributed by atoms with Crippen molar-refractivity contribution in [2.24, 2.45) is 0 Å². The molecule has 0 aliphatic carbocycles. The third kappa shape index (κ3) is 7.69. The average Bonchev–Trinajstić information content (AvgIpc) is 2.91. The van der Waals surface area contributed by atoms with Gasteiger partial charge in [0, 0.05) is 12.6 Å². The average molecular weight is 550 g/mol. The first-order valence-corrected chi connectivity index (χ1v) is 14.8. The summed E-state index contributed by atoms with van der Waals surface area (Å²) in [4.78, 5) is 28.9. The van der Waals surface area contributed by atoms with E-state index in [0.29, 0.717) is 18.5 Å². The van der Waals surface area contributed by atoms with Crippen LogP contribution in [0.25, 0.3) is 0 Å². The van der Waals surface area contributed by atoms with Gasteiger partial charge in [0.2, 0.25) is 11.8 Å². The largest absolute Gasteiger partial charge is 0.352 e.